The molecule has 0 radical (unpaired) electrons. The van der Waals surface area contributed by atoms with Gasteiger partial charge >= 0.3 is 0 Å². The predicted octanol–water partition coefficient (Wildman–Crippen LogP) is 3.14. The van der Waals surface area contributed by atoms with E-state index in [-0.39, 0.29) is 0 Å². The molecule has 1 fully saturated rings. The topological polar surface area (TPSA) is 32.3 Å². The minimum absolute atomic E-state index is 0.298. The van der Waals surface area contributed by atoms with Gasteiger partial charge in [-0.1, -0.05) is 15.9 Å². The molecule has 3 nitrogen and oxygen atoms in total. The number of thioether (sulfide) groups is 1. The van der Waals surface area contributed by atoms with Crippen molar-refractivity contribution in [2.75, 3.05) is 25.9 Å². The number of likely N-dealkylation sites (tertiary alicyclic amines) is 1. The molecule has 1 aliphatic rings. The molecule has 1 unspecified atom stereocenters. The molecule has 110 valence electrons. The number of carbonyl (C=O) groups is 1. The highest BCUT2D eigenvalue weighted by Gasteiger charge is 2.27. The van der Waals surface area contributed by atoms with Gasteiger partial charge in [-0.15, -0.1) is 11.8 Å². The summed E-state index contributed by atoms with van der Waals surface area (Å²) in [5.41, 5.74) is 0. The standard InChI is InChI=1S/C15H21BrN2OS/c1-17-11-13-3-2-9-18(13)15(19)8-10-20-14-6-4-12(16)5-7-14/h4-7,13,17H,2-3,8-11H2,1H3. The van der Waals surface area contributed by atoms with Crippen LogP contribution >= 0.6 is 27.7 Å². The normalized spacial score (nSPS) is 18.5. The number of nitrogens with zero attached hydrogens (tertiary/aromatic N) is 1. The predicted molar refractivity (Wildman–Crippen MR) is 88.1 cm³/mol. The minimum atomic E-state index is 0.298. The lowest BCUT2D eigenvalue weighted by Gasteiger charge is -2.24. The zero-order chi connectivity index (χ0) is 14.4. The molecule has 0 bridgehead atoms. The molecule has 1 aromatic carbocycles. The van der Waals surface area contributed by atoms with Crippen molar-refractivity contribution >= 4 is 33.6 Å². The van der Waals surface area contributed by atoms with Crippen LogP contribution in [0.4, 0.5) is 0 Å². The van der Waals surface area contributed by atoms with Crippen molar-refractivity contribution in [3.63, 3.8) is 0 Å². The van der Waals surface area contributed by atoms with Crippen LogP contribution in [-0.2, 0) is 4.79 Å². The Balaban J connectivity index is 1.76. The maximum atomic E-state index is 12.3. The van der Waals surface area contributed by atoms with E-state index < -0.39 is 0 Å². The maximum absolute atomic E-state index is 12.3. The lowest BCUT2D eigenvalue weighted by molar-refractivity contribution is -0.131. The maximum Gasteiger partial charge on any atom is 0.223 e. The van der Waals surface area contributed by atoms with Crippen LogP contribution in [0.5, 0.6) is 0 Å². The Morgan fingerprint density at radius 3 is 2.90 bits per heavy atom. The van der Waals surface area contributed by atoms with Crippen LogP contribution in [0.2, 0.25) is 0 Å². The SMILES string of the molecule is CNCC1CCCN1C(=O)CCSc1ccc(Br)cc1. The Bertz CT molecular complexity index is 438. The van der Waals surface area contributed by atoms with Gasteiger partial charge in [-0.3, -0.25) is 4.79 Å². The van der Waals surface area contributed by atoms with E-state index in [1.165, 1.54) is 4.90 Å². The second kappa shape index (κ2) is 8.05. The average molecular weight is 357 g/mol. The third-order valence-corrected chi connectivity index (χ3v) is 5.08. The second-order valence-electron chi connectivity index (χ2n) is 4.99. The number of rotatable bonds is 6. The number of hydrogen-bond acceptors (Lipinski definition) is 3. The fourth-order valence-corrected chi connectivity index (χ4v) is 3.65. The average Bonchev–Trinajstić information content (AvgIpc) is 2.90. The van der Waals surface area contributed by atoms with E-state index >= 15 is 0 Å². The van der Waals surface area contributed by atoms with Crippen molar-refractivity contribution in [2.24, 2.45) is 0 Å². The van der Waals surface area contributed by atoms with Gasteiger partial charge in [0.25, 0.3) is 0 Å². The summed E-state index contributed by atoms with van der Waals surface area (Å²) in [5, 5.41) is 3.18. The second-order valence-corrected chi connectivity index (χ2v) is 7.08. The highest BCUT2D eigenvalue weighted by atomic mass is 79.9. The zero-order valence-corrected chi connectivity index (χ0v) is 14.2. The van der Waals surface area contributed by atoms with Gasteiger partial charge in [-0.2, -0.15) is 0 Å². The van der Waals surface area contributed by atoms with E-state index in [4.69, 9.17) is 0 Å². The van der Waals surface area contributed by atoms with Crippen molar-refractivity contribution in [1.82, 2.24) is 10.2 Å². The molecule has 1 saturated heterocycles. The van der Waals surface area contributed by atoms with Crippen molar-refractivity contribution in [1.29, 1.82) is 0 Å². The summed E-state index contributed by atoms with van der Waals surface area (Å²) in [6, 6.07) is 8.63. The molecule has 1 aliphatic heterocycles. The fourth-order valence-electron chi connectivity index (χ4n) is 2.54. The first-order valence-electron chi connectivity index (χ1n) is 7.03. The lowest BCUT2D eigenvalue weighted by Crippen LogP contribution is -2.40. The highest BCUT2D eigenvalue weighted by molar-refractivity contribution is 9.10. The van der Waals surface area contributed by atoms with Gasteiger partial charge in [-0.05, 0) is 44.2 Å². The molecule has 0 aliphatic carbocycles. The van der Waals surface area contributed by atoms with Gasteiger partial charge < -0.3 is 10.2 Å². The van der Waals surface area contributed by atoms with Crippen LogP contribution in [0, 0.1) is 0 Å². The van der Waals surface area contributed by atoms with E-state index in [1.54, 1.807) is 11.8 Å². The number of benzene rings is 1. The van der Waals surface area contributed by atoms with Gasteiger partial charge in [0.1, 0.15) is 0 Å². The first-order valence-corrected chi connectivity index (χ1v) is 8.81. The Morgan fingerprint density at radius 2 is 2.20 bits per heavy atom. The fraction of sp³-hybridized carbons (Fsp3) is 0.533. The number of halogens is 1. The van der Waals surface area contributed by atoms with E-state index in [0.717, 1.165) is 36.2 Å². The summed E-state index contributed by atoms with van der Waals surface area (Å²) < 4.78 is 1.09. The Labute approximate surface area is 133 Å². The largest absolute Gasteiger partial charge is 0.338 e. The summed E-state index contributed by atoms with van der Waals surface area (Å²) in [4.78, 5) is 15.5. The molecule has 1 heterocycles. The van der Waals surface area contributed by atoms with Gasteiger partial charge in [0, 0.05) is 40.7 Å². The van der Waals surface area contributed by atoms with E-state index in [1.807, 2.05) is 19.2 Å². The number of carbonyl (C=O) groups excluding carboxylic acids is 1. The third-order valence-electron chi connectivity index (χ3n) is 3.54. The smallest absolute Gasteiger partial charge is 0.223 e. The van der Waals surface area contributed by atoms with Crippen LogP contribution in [-0.4, -0.2) is 42.7 Å². The zero-order valence-electron chi connectivity index (χ0n) is 11.8. The Hall–Kier alpha value is -0.520. The Morgan fingerprint density at radius 1 is 1.45 bits per heavy atom. The summed E-state index contributed by atoms with van der Waals surface area (Å²) >= 11 is 5.17. The molecule has 0 spiro atoms. The summed E-state index contributed by atoms with van der Waals surface area (Å²) in [5.74, 6) is 1.15. The molecule has 0 saturated carbocycles. The summed E-state index contributed by atoms with van der Waals surface area (Å²) in [6.45, 7) is 1.83. The molecule has 1 amide bonds. The monoisotopic (exact) mass is 356 g/mol. The Kier molecular flexibility index (Phi) is 6.39. The first-order chi connectivity index (χ1) is 9.70. The van der Waals surface area contributed by atoms with Crippen molar-refractivity contribution in [2.45, 2.75) is 30.2 Å². The van der Waals surface area contributed by atoms with Gasteiger partial charge in [0.15, 0.2) is 0 Å². The number of likely N-dealkylation sites (N-methyl/N-ethyl adjacent to an activating group) is 1. The van der Waals surface area contributed by atoms with Crippen LogP contribution in [0.3, 0.4) is 0 Å². The van der Waals surface area contributed by atoms with E-state index in [9.17, 15) is 4.79 Å². The summed E-state index contributed by atoms with van der Waals surface area (Å²) in [7, 11) is 1.95. The van der Waals surface area contributed by atoms with Crippen molar-refractivity contribution in [3.8, 4) is 0 Å². The van der Waals surface area contributed by atoms with Crippen LogP contribution < -0.4 is 5.32 Å². The molecule has 1 N–H and O–H groups in total. The number of nitrogens with one attached hydrogen (secondary N) is 1. The molecule has 2 rings (SSSR count). The van der Waals surface area contributed by atoms with E-state index in [0.29, 0.717) is 18.4 Å². The van der Waals surface area contributed by atoms with Crippen LogP contribution in [0.25, 0.3) is 0 Å². The first kappa shape index (κ1) is 15.9. The highest BCUT2D eigenvalue weighted by Crippen LogP contribution is 2.23. The van der Waals surface area contributed by atoms with Gasteiger partial charge in [0.05, 0.1) is 0 Å². The molecular weight excluding hydrogens is 336 g/mol. The van der Waals surface area contributed by atoms with Crippen LogP contribution in [0.15, 0.2) is 33.6 Å². The molecule has 1 aromatic rings. The quantitative estimate of drug-likeness (QED) is 0.794. The lowest BCUT2D eigenvalue weighted by atomic mass is 10.2. The van der Waals surface area contributed by atoms with Crippen molar-refractivity contribution in [3.05, 3.63) is 28.7 Å². The molecule has 5 heteroatoms. The third kappa shape index (κ3) is 4.50. The van der Waals surface area contributed by atoms with Crippen LogP contribution in [0.1, 0.15) is 19.3 Å². The number of amides is 1. The molecule has 20 heavy (non-hydrogen) atoms. The van der Waals surface area contributed by atoms with Gasteiger partial charge in [-0.25, -0.2) is 0 Å². The van der Waals surface area contributed by atoms with E-state index in [2.05, 4.69) is 38.3 Å². The molecule has 0 aromatic heterocycles. The van der Waals surface area contributed by atoms with Gasteiger partial charge in [0.2, 0.25) is 5.91 Å². The molecule has 1 atom stereocenters. The number of hydrogen-bond donors (Lipinski definition) is 1. The summed E-state index contributed by atoms with van der Waals surface area (Å²) in [6.07, 6.45) is 2.89. The minimum Gasteiger partial charge on any atom is -0.338 e. The molecular formula is C15H21BrN2OS. The van der Waals surface area contributed by atoms with Crippen molar-refractivity contribution < 1.29 is 4.79 Å².